The zero-order valence-electron chi connectivity index (χ0n) is 33.1. The fraction of sp³-hybridized carbons (Fsp3) is 0.622. The second-order valence-corrected chi connectivity index (χ2v) is 16.4. The van der Waals surface area contributed by atoms with Crippen molar-refractivity contribution in [2.75, 3.05) is 47.1 Å². The number of methoxy groups -OCH3 is 1. The Morgan fingerprint density at radius 1 is 1.19 bits per heavy atom. The normalized spacial score (nSPS) is 32.3. The van der Waals surface area contributed by atoms with E-state index in [0.717, 1.165) is 55.2 Å². The number of hydrogen-bond donors (Lipinski definition) is 6. The van der Waals surface area contributed by atoms with Gasteiger partial charge in [-0.2, -0.15) is 0 Å². The third kappa shape index (κ3) is 10.1. The minimum Gasteiger partial charge on any atom is -0.396 e. The molecule has 0 saturated heterocycles. The van der Waals surface area contributed by atoms with Gasteiger partial charge in [0.15, 0.2) is 0 Å². The fourth-order valence-electron chi connectivity index (χ4n) is 9.71. The minimum atomic E-state index is -1.17. The Kier molecular flexibility index (Phi) is 16.1. The number of ether oxygens (including phenoxy) is 1. The molecule has 1 heterocycles. The monoisotopic (exact) mass is 733 g/mol. The summed E-state index contributed by atoms with van der Waals surface area (Å²) in [5.74, 6) is -0.426. The van der Waals surface area contributed by atoms with Gasteiger partial charge in [-0.25, -0.2) is 0 Å². The first kappa shape index (κ1) is 43.0. The zero-order valence-corrected chi connectivity index (χ0v) is 33.1. The first-order valence-corrected chi connectivity index (χ1v) is 19.9. The summed E-state index contributed by atoms with van der Waals surface area (Å²) >= 11 is 0. The van der Waals surface area contributed by atoms with Crippen molar-refractivity contribution >= 4 is 6.29 Å². The number of allylic oxidation sites excluding steroid dienone is 7. The molecule has 0 aromatic heterocycles. The van der Waals surface area contributed by atoms with E-state index in [1.54, 1.807) is 7.11 Å². The molecule has 7 unspecified atom stereocenters. The van der Waals surface area contributed by atoms with Gasteiger partial charge in [-0.15, -0.1) is 0 Å². The Morgan fingerprint density at radius 3 is 2.66 bits per heavy atom. The van der Waals surface area contributed by atoms with Crippen molar-refractivity contribution in [2.24, 2.45) is 23.2 Å². The Labute approximate surface area is 319 Å². The lowest BCUT2D eigenvalue weighted by atomic mass is 9.51. The lowest BCUT2D eigenvalue weighted by Gasteiger charge is -2.57. The Morgan fingerprint density at radius 2 is 1.96 bits per heavy atom. The number of carbonyl (C=O) groups excluding carboxylic acids is 1. The lowest BCUT2D eigenvalue weighted by Crippen LogP contribution is -2.61. The Hall–Kier alpha value is -2.69. The molecule has 8 nitrogen and oxygen atoms in total. The average molecular weight is 733 g/mol. The summed E-state index contributed by atoms with van der Waals surface area (Å²) < 4.78 is 5.44. The van der Waals surface area contributed by atoms with Crippen LogP contribution in [0.1, 0.15) is 89.7 Å². The van der Waals surface area contributed by atoms with Crippen molar-refractivity contribution < 1.29 is 30.0 Å². The molecule has 4 rings (SSSR count). The molecule has 1 aromatic carbocycles. The van der Waals surface area contributed by atoms with E-state index in [-0.39, 0.29) is 36.5 Å². The molecule has 8 heteroatoms. The number of carbonyl (C=O) groups is 1. The summed E-state index contributed by atoms with van der Waals surface area (Å²) in [7, 11) is 3.62. The van der Waals surface area contributed by atoms with Gasteiger partial charge in [0.1, 0.15) is 6.29 Å². The van der Waals surface area contributed by atoms with Gasteiger partial charge in [0.2, 0.25) is 0 Å². The highest BCUT2D eigenvalue weighted by atomic mass is 16.5. The van der Waals surface area contributed by atoms with Crippen molar-refractivity contribution in [2.45, 2.75) is 109 Å². The smallest absolute Gasteiger partial charge is 0.145 e. The SMILES string of the molecule is C=C(C=CC=C(CO)C1CCC2(C(CCCO)C(=C(C)C=O)CCC2(O)CCNC)C1O)C1CC=C(C)CNC(C)(CCOC)Cc2cccc(c2)C1. The second-order valence-electron chi connectivity index (χ2n) is 16.4. The Balaban J connectivity index is 1.61. The van der Waals surface area contributed by atoms with Crippen LogP contribution in [-0.4, -0.2) is 91.0 Å². The summed E-state index contributed by atoms with van der Waals surface area (Å²) in [6.07, 6.45) is 15.5. The molecule has 2 bridgehead atoms. The van der Waals surface area contributed by atoms with Gasteiger partial charge in [-0.05, 0) is 139 Å². The highest BCUT2D eigenvalue weighted by Gasteiger charge is 2.65. The fourth-order valence-corrected chi connectivity index (χ4v) is 9.71. The van der Waals surface area contributed by atoms with Crippen LogP contribution in [0, 0.1) is 23.2 Å². The van der Waals surface area contributed by atoms with Gasteiger partial charge < -0.3 is 35.8 Å². The van der Waals surface area contributed by atoms with Crippen LogP contribution in [0.4, 0.5) is 0 Å². The summed E-state index contributed by atoms with van der Waals surface area (Å²) in [6, 6.07) is 8.88. The number of aldehydes is 1. The Bertz CT molecular complexity index is 1510. The van der Waals surface area contributed by atoms with Crippen molar-refractivity contribution in [3.63, 3.8) is 0 Å². The van der Waals surface area contributed by atoms with E-state index in [0.29, 0.717) is 63.7 Å². The molecule has 1 spiro atoms. The van der Waals surface area contributed by atoms with E-state index in [2.05, 4.69) is 61.4 Å². The van der Waals surface area contributed by atoms with E-state index in [1.165, 1.54) is 16.7 Å². The average Bonchev–Trinajstić information content (AvgIpc) is 3.49. The predicted octanol–water partition coefficient (Wildman–Crippen LogP) is 5.95. The van der Waals surface area contributed by atoms with Crippen LogP contribution in [0.5, 0.6) is 0 Å². The van der Waals surface area contributed by atoms with Crippen molar-refractivity contribution in [1.82, 2.24) is 10.6 Å². The molecular weight excluding hydrogens is 665 g/mol. The standard InChI is InChI=1S/C45H68N2O6/c1-32-15-16-37(27-35-11-8-12-36(26-35)28-43(4,47-29-32)22-25-53-6)33(2)10-7-13-38(31-50)40-18-20-45(42(40)51)41(14-9-24-48)39(34(3)30-49)17-19-44(45,52)21-23-46-5/h7-8,10-13,15,26,30,37,40-42,46-48,50-52H,2,9,14,16-25,27-29,31H2,1,3-6H3. The molecule has 2 saturated carbocycles. The van der Waals surface area contributed by atoms with E-state index < -0.39 is 17.1 Å². The van der Waals surface area contributed by atoms with Crippen LogP contribution in [-0.2, 0) is 22.4 Å². The van der Waals surface area contributed by atoms with Crippen LogP contribution in [0.3, 0.4) is 0 Å². The third-order valence-corrected chi connectivity index (χ3v) is 12.9. The number of hydrogen-bond acceptors (Lipinski definition) is 8. The quantitative estimate of drug-likeness (QED) is 0.0565. The first-order chi connectivity index (χ1) is 25.4. The molecule has 2 fully saturated rings. The van der Waals surface area contributed by atoms with Crippen molar-refractivity contribution in [3.05, 3.63) is 94.1 Å². The number of aliphatic hydroxyl groups is 4. The zero-order chi connectivity index (χ0) is 38.6. The van der Waals surface area contributed by atoms with Gasteiger partial charge in [-0.1, -0.05) is 71.9 Å². The molecular formula is C45H68N2O6. The summed E-state index contributed by atoms with van der Waals surface area (Å²) in [5.41, 5.74) is 5.08. The highest BCUT2D eigenvalue weighted by Crippen LogP contribution is 2.63. The second kappa shape index (κ2) is 19.8. The van der Waals surface area contributed by atoms with E-state index in [9.17, 15) is 25.2 Å². The number of nitrogens with one attached hydrogen (secondary N) is 2. The van der Waals surface area contributed by atoms with Crippen LogP contribution >= 0.6 is 0 Å². The molecule has 1 aliphatic heterocycles. The lowest BCUT2D eigenvalue weighted by molar-refractivity contribution is -0.180. The van der Waals surface area contributed by atoms with E-state index >= 15 is 0 Å². The maximum atomic E-state index is 12.5. The van der Waals surface area contributed by atoms with Gasteiger partial charge >= 0.3 is 0 Å². The molecule has 53 heavy (non-hydrogen) atoms. The summed E-state index contributed by atoms with van der Waals surface area (Å²) in [6.45, 7) is 12.7. The molecule has 1 aromatic rings. The molecule has 294 valence electrons. The third-order valence-electron chi connectivity index (χ3n) is 12.9. The summed E-state index contributed by atoms with van der Waals surface area (Å²) in [4.78, 5) is 12.1. The van der Waals surface area contributed by atoms with Crippen molar-refractivity contribution in [1.29, 1.82) is 0 Å². The van der Waals surface area contributed by atoms with Crippen LogP contribution in [0.15, 0.2) is 83.0 Å². The number of rotatable bonds is 15. The van der Waals surface area contributed by atoms with E-state index in [4.69, 9.17) is 4.74 Å². The van der Waals surface area contributed by atoms with Crippen LogP contribution in [0.2, 0.25) is 0 Å². The largest absolute Gasteiger partial charge is 0.396 e. The van der Waals surface area contributed by atoms with Crippen molar-refractivity contribution in [3.8, 4) is 0 Å². The highest BCUT2D eigenvalue weighted by molar-refractivity contribution is 5.74. The molecule has 2 aliphatic carbocycles. The topological polar surface area (TPSA) is 131 Å². The maximum Gasteiger partial charge on any atom is 0.145 e. The number of benzene rings is 1. The number of aliphatic hydroxyl groups excluding tert-OH is 3. The maximum absolute atomic E-state index is 12.5. The molecule has 0 amide bonds. The van der Waals surface area contributed by atoms with Crippen LogP contribution < -0.4 is 10.6 Å². The van der Waals surface area contributed by atoms with Gasteiger partial charge in [0.05, 0.1) is 18.3 Å². The van der Waals surface area contributed by atoms with E-state index in [1.807, 2.05) is 32.2 Å². The minimum absolute atomic E-state index is 0.00205. The predicted molar refractivity (Wildman–Crippen MR) is 215 cm³/mol. The summed E-state index contributed by atoms with van der Waals surface area (Å²) in [5, 5.41) is 52.4. The number of fused-ring (bicyclic) bond motifs is 2. The van der Waals surface area contributed by atoms with Gasteiger partial charge in [0, 0.05) is 43.7 Å². The molecule has 3 aliphatic rings. The van der Waals surface area contributed by atoms with Crippen LogP contribution in [0.25, 0.3) is 0 Å². The molecule has 0 radical (unpaired) electrons. The molecule has 6 N–H and O–H groups in total. The van der Waals surface area contributed by atoms with Gasteiger partial charge in [-0.3, -0.25) is 4.79 Å². The van der Waals surface area contributed by atoms with Gasteiger partial charge in [0.25, 0.3) is 0 Å². The molecule has 7 atom stereocenters. The first-order valence-electron chi connectivity index (χ1n) is 19.9.